The van der Waals surface area contributed by atoms with E-state index in [1.165, 1.54) is 12.1 Å². The van der Waals surface area contributed by atoms with Crippen LogP contribution in [0, 0.1) is 0 Å². The third-order valence-electron chi connectivity index (χ3n) is 2.00. The third kappa shape index (κ3) is 3.76. The van der Waals surface area contributed by atoms with Crippen molar-refractivity contribution >= 4 is 5.97 Å². The van der Waals surface area contributed by atoms with Gasteiger partial charge in [-0.2, -0.15) is 13.2 Å². The van der Waals surface area contributed by atoms with Crippen LogP contribution in [0.4, 0.5) is 13.2 Å². The molecule has 0 spiro atoms. The molecule has 0 amide bonds. The summed E-state index contributed by atoms with van der Waals surface area (Å²) in [4.78, 5) is 14.2. The maximum atomic E-state index is 12.3. The Balaban J connectivity index is 2.84. The van der Waals surface area contributed by atoms with Gasteiger partial charge >= 0.3 is 12.1 Å². The zero-order valence-corrected chi connectivity index (χ0v) is 9.36. The first-order chi connectivity index (χ1) is 8.34. The average molecular weight is 261 g/mol. The van der Waals surface area contributed by atoms with Gasteiger partial charge in [-0.25, -0.2) is 9.78 Å². The second-order valence-electron chi connectivity index (χ2n) is 3.30. The van der Waals surface area contributed by atoms with Crippen LogP contribution in [0.2, 0.25) is 0 Å². The average Bonchev–Trinajstić information content (AvgIpc) is 2.34. The van der Waals surface area contributed by atoms with Crippen molar-refractivity contribution in [3.63, 3.8) is 0 Å². The highest BCUT2D eigenvalue weighted by atomic mass is 19.4. The largest absolute Gasteiger partial charge is 0.502 e. The number of aliphatic hydroxyl groups is 1. The maximum absolute atomic E-state index is 12.3. The van der Waals surface area contributed by atoms with E-state index in [0.29, 0.717) is 0 Å². The van der Waals surface area contributed by atoms with Crippen LogP contribution in [0.15, 0.2) is 30.0 Å². The number of nitrogens with zero attached hydrogens (tertiary/aromatic N) is 1. The molecule has 0 aliphatic heterocycles. The number of allylic oxidation sites excluding steroid dienone is 1. The molecule has 1 heterocycles. The van der Waals surface area contributed by atoms with Crippen LogP contribution in [0.5, 0.6) is 0 Å². The van der Waals surface area contributed by atoms with E-state index in [9.17, 15) is 18.0 Å². The minimum absolute atomic E-state index is 0.0836. The molecular formula is C11H10F3NO3. The van der Waals surface area contributed by atoms with Crippen molar-refractivity contribution in [1.82, 2.24) is 4.98 Å². The number of alkyl halides is 3. The van der Waals surface area contributed by atoms with Crippen molar-refractivity contribution < 1.29 is 27.8 Å². The van der Waals surface area contributed by atoms with Crippen LogP contribution in [0.1, 0.15) is 11.4 Å². The van der Waals surface area contributed by atoms with E-state index < -0.39 is 23.6 Å². The first-order valence-corrected chi connectivity index (χ1v) is 4.85. The number of ether oxygens (including phenoxy) is 1. The Morgan fingerprint density at radius 1 is 1.50 bits per heavy atom. The minimum atomic E-state index is -4.52. The SMILES string of the molecule is COC(=O)/C(O)=C/Cc1cccc(C(F)(F)F)n1. The lowest BCUT2D eigenvalue weighted by molar-refractivity contribution is -0.141. The normalized spacial score (nSPS) is 12.3. The number of pyridine rings is 1. The van der Waals surface area contributed by atoms with Gasteiger partial charge in [-0.1, -0.05) is 6.07 Å². The molecule has 4 nitrogen and oxygen atoms in total. The van der Waals surface area contributed by atoms with Gasteiger partial charge in [0.1, 0.15) is 5.69 Å². The Morgan fingerprint density at radius 2 is 2.17 bits per heavy atom. The zero-order valence-electron chi connectivity index (χ0n) is 9.36. The Kier molecular flexibility index (Phi) is 4.30. The molecule has 0 bridgehead atoms. The van der Waals surface area contributed by atoms with Crippen LogP contribution in [-0.4, -0.2) is 23.2 Å². The number of esters is 1. The van der Waals surface area contributed by atoms with E-state index >= 15 is 0 Å². The van der Waals surface area contributed by atoms with Gasteiger partial charge in [0.2, 0.25) is 0 Å². The zero-order chi connectivity index (χ0) is 13.8. The number of aromatic nitrogens is 1. The number of aliphatic hydroxyl groups excluding tert-OH is 1. The smallest absolute Gasteiger partial charge is 0.433 e. The lowest BCUT2D eigenvalue weighted by atomic mass is 10.2. The van der Waals surface area contributed by atoms with Crippen molar-refractivity contribution in [2.75, 3.05) is 7.11 Å². The summed E-state index contributed by atoms with van der Waals surface area (Å²) in [7, 11) is 1.08. The fourth-order valence-electron chi connectivity index (χ4n) is 1.14. The van der Waals surface area contributed by atoms with Crippen LogP contribution < -0.4 is 0 Å². The summed E-state index contributed by atoms with van der Waals surface area (Å²) in [6.07, 6.45) is -3.59. The molecule has 0 unspecified atom stereocenters. The molecule has 7 heteroatoms. The first-order valence-electron chi connectivity index (χ1n) is 4.85. The Hall–Kier alpha value is -2.05. The van der Waals surface area contributed by atoms with E-state index in [2.05, 4.69) is 9.72 Å². The quantitative estimate of drug-likeness (QED) is 0.515. The molecule has 0 aliphatic rings. The van der Waals surface area contributed by atoms with Crippen LogP contribution in [0.25, 0.3) is 0 Å². The summed E-state index contributed by atoms with van der Waals surface area (Å²) in [6, 6.07) is 3.40. The second kappa shape index (κ2) is 5.52. The standard InChI is InChI=1S/C11H10F3NO3/c1-18-10(17)8(16)6-5-7-3-2-4-9(15-7)11(12,13)14/h2-4,6,16H,5H2,1H3/b8-6-. The summed E-state index contributed by atoms with van der Waals surface area (Å²) in [5, 5.41) is 9.14. The fourth-order valence-corrected chi connectivity index (χ4v) is 1.14. The van der Waals surface area contributed by atoms with Crippen molar-refractivity contribution in [2.24, 2.45) is 0 Å². The number of hydrogen-bond acceptors (Lipinski definition) is 4. The summed E-state index contributed by atoms with van der Waals surface area (Å²) >= 11 is 0. The molecule has 0 atom stereocenters. The number of carbonyl (C=O) groups excluding carboxylic acids is 1. The van der Waals surface area contributed by atoms with Crippen molar-refractivity contribution in [3.8, 4) is 0 Å². The highest BCUT2D eigenvalue weighted by Gasteiger charge is 2.32. The minimum Gasteiger partial charge on any atom is -0.502 e. The summed E-state index contributed by atoms with van der Waals surface area (Å²) in [5.41, 5.74) is -0.939. The van der Waals surface area contributed by atoms with Crippen molar-refractivity contribution in [3.05, 3.63) is 41.4 Å². The summed E-state index contributed by atoms with van der Waals surface area (Å²) in [6.45, 7) is 0. The van der Waals surface area contributed by atoms with Crippen LogP contribution in [-0.2, 0) is 22.1 Å². The van der Waals surface area contributed by atoms with E-state index in [0.717, 1.165) is 19.3 Å². The fraction of sp³-hybridized carbons (Fsp3) is 0.273. The van der Waals surface area contributed by atoms with E-state index in [1.54, 1.807) is 0 Å². The molecule has 18 heavy (non-hydrogen) atoms. The summed E-state index contributed by atoms with van der Waals surface area (Å²) in [5.74, 6) is -1.63. The molecule has 1 N–H and O–H groups in total. The Bertz CT molecular complexity index is 469. The maximum Gasteiger partial charge on any atom is 0.433 e. The highest BCUT2D eigenvalue weighted by Crippen LogP contribution is 2.27. The number of halogens is 3. The number of methoxy groups -OCH3 is 1. The Labute approximate surface area is 101 Å². The monoisotopic (exact) mass is 261 g/mol. The van der Waals surface area contributed by atoms with Gasteiger partial charge < -0.3 is 9.84 Å². The topological polar surface area (TPSA) is 59.4 Å². The van der Waals surface area contributed by atoms with Crippen LogP contribution >= 0.6 is 0 Å². The second-order valence-corrected chi connectivity index (χ2v) is 3.30. The van der Waals surface area contributed by atoms with Gasteiger partial charge in [-0.05, 0) is 18.2 Å². The first kappa shape index (κ1) is 14.0. The van der Waals surface area contributed by atoms with Gasteiger partial charge in [-0.15, -0.1) is 0 Å². The summed E-state index contributed by atoms with van der Waals surface area (Å²) < 4.78 is 41.3. The number of hydrogen-bond donors (Lipinski definition) is 1. The molecule has 0 radical (unpaired) electrons. The van der Waals surface area contributed by atoms with E-state index in [-0.39, 0.29) is 12.1 Å². The molecule has 0 saturated carbocycles. The molecule has 98 valence electrons. The number of carbonyl (C=O) groups is 1. The third-order valence-corrected chi connectivity index (χ3v) is 2.00. The van der Waals surface area contributed by atoms with Crippen molar-refractivity contribution in [1.29, 1.82) is 0 Å². The Morgan fingerprint density at radius 3 is 2.72 bits per heavy atom. The van der Waals surface area contributed by atoms with Crippen LogP contribution in [0.3, 0.4) is 0 Å². The van der Waals surface area contributed by atoms with E-state index in [1.807, 2.05) is 0 Å². The molecule has 1 rings (SSSR count). The molecular weight excluding hydrogens is 251 g/mol. The highest BCUT2D eigenvalue weighted by molar-refractivity contribution is 5.85. The lowest BCUT2D eigenvalue weighted by Gasteiger charge is -2.06. The molecule has 1 aromatic rings. The van der Waals surface area contributed by atoms with Gasteiger partial charge in [0.15, 0.2) is 5.76 Å². The molecule has 1 aromatic heterocycles. The van der Waals surface area contributed by atoms with Gasteiger partial charge in [0.25, 0.3) is 0 Å². The predicted molar refractivity (Wildman–Crippen MR) is 55.7 cm³/mol. The molecule has 0 aliphatic carbocycles. The van der Waals surface area contributed by atoms with Crippen molar-refractivity contribution in [2.45, 2.75) is 12.6 Å². The van der Waals surface area contributed by atoms with Gasteiger partial charge in [-0.3, -0.25) is 0 Å². The van der Waals surface area contributed by atoms with Gasteiger partial charge in [0, 0.05) is 12.1 Å². The van der Waals surface area contributed by atoms with Gasteiger partial charge in [0.05, 0.1) is 7.11 Å². The molecule has 0 saturated heterocycles. The molecule has 0 aromatic carbocycles. The predicted octanol–water partition coefficient (Wildman–Crippen LogP) is 2.26. The molecule has 0 fully saturated rings. The van der Waals surface area contributed by atoms with E-state index in [4.69, 9.17) is 5.11 Å². The lowest BCUT2D eigenvalue weighted by Crippen LogP contribution is -2.09. The number of rotatable bonds is 3.